The summed E-state index contributed by atoms with van der Waals surface area (Å²) in [6.07, 6.45) is 16.5. The summed E-state index contributed by atoms with van der Waals surface area (Å²) in [5.41, 5.74) is 13.8. The highest BCUT2D eigenvalue weighted by molar-refractivity contribution is 7.98. The standard InChI is InChI=1S/C44H38N2S/c1-4-5-6-12-28-45(37-16-8-7-9-17-37)42-27-21-35(29-32(42)2)33-14-13-15-34(30-33)36-20-26-41-40-18-10-11-19-43(40)46(44(41)31-36)38-22-24-39(47-3)25-23-38/h4-19,21-25,27-31H,1,20,26H2,2-3H3/b6-5-,28-12-. The molecule has 2 nitrogen and oxygen atoms in total. The molecular formula is C44H38N2S. The molecule has 0 aliphatic heterocycles. The highest BCUT2D eigenvalue weighted by Gasteiger charge is 2.22. The van der Waals surface area contributed by atoms with E-state index in [2.05, 4.69) is 163 Å². The van der Waals surface area contributed by atoms with Crippen molar-refractivity contribution in [3.8, 4) is 16.8 Å². The van der Waals surface area contributed by atoms with Crippen LogP contribution in [0.2, 0.25) is 0 Å². The van der Waals surface area contributed by atoms with E-state index in [0.29, 0.717) is 0 Å². The van der Waals surface area contributed by atoms with Gasteiger partial charge in [-0.05, 0) is 132 Å². The second-order valence-electron chi connectivity index (χ2n) is 11.8. The van der Waals surface area contributed by atoms with E-state index in [0.717, 1.165) is 24.2 Å². The van der Waals surface area contributed by atoms with Crippen molar-refractivity contribution in [3.05, 3.63) is 181 Å². The van der Waals surface area contributed by atoms with Gasteiger partial charge in [0.2, 0.25) is 0 Å². The zero-order chi connectivity index (χ0) is 32.2. The Morgan fingerprint density at radius 2 is 1.49 bits per heavy atom. The van der Waals surface area contributed by atoms with E-state index in [-0.39, 0.29) is 0 Å². The Morgan fingerprint density at radius 3 is 2.28 bits per heavy atom. The number of nitrogens with zero attached hydrogens (tertiary/aromatic N) is 2. The van der Waals surface area contributed by atoms with Crippen molar-refractivity contribution in [1.82, 2.24) is 4.57 Å². The lowest BCUT2D eigenvalue weighted by molar-refractivity contribution is 0.980. The summed E-state index contributed by atoms with van der Waals surface area (Å²) in [6, 6.07) is 44.1. The summed E-state index contributed by atoms with van der Waals surface area (Å²) < 4.78 is 2.44. The molecule has 0 spiro atoms. The van der Waals surface area contributed by atoms with Gasteiger partial charge in [0.15, 0.2) is 0 Å². The lowest BCUT2D eigenvalue weighted by Crippen LogP contribution is -2.09. The van der Waals surface area contributed by atoms with Crippen molar-refractivity contribution in [1.29, 1.82) is 0 Å². The van der Waals surface area contributed by atoms with Crippen molar-refractivity contribution >= 4 is 45.7 Å². The first-order valence-corrected chi connectivity index (χ1v) is 17.4. The van der Waals surface area contributed by atoms with Crippen LogP contribution in [0.3, 0.4) is 0 Å². The van der Waals surface area contributed by atoms with E-state index in [4.69, 9.17) is 0 Å². The molecule has 1 aromatic heterocycles. The molecule has 0 unspecified atom stereocenters. The molecule has 0 saturated heterocycles. The number of anilines is 2. The number of para-hydroxylation sites is 2. The summed E-state index contributed by atoms with van der Waals surface area (Å²) >= 11 is 1.78. The number of rotatable bonds is 9. The van der Waals surface area contributed by atoms with Gasteiger partial charge in [0.05, 0.1) is 11.2 Å². The van der Waals surface area contributed by atoms with Crippen LogP contribution < -0.4 is 4.90 Å². The number of aromatic nitrogens is 1. The molecule has 7 rings (SSSR count). The molecule has 0 atom stereocenters. The number of allylic oxidation sites excluding steroid dienone is 5. The zero-order valence-corrected chi connectivity index (χ0v) is 27.8. The predicted octanol–water partition coefficient (Wildman–Crippen LogP) is 12.2. The zero-order valence-electron chi connectivity index (χ0n) is 26.9. The monoisotopic (exact) mass is 626 g/mol. The van der Waals surface area contributed by atoms with Crippen molar-refractivity contribution < 1.29 is 0 Å². The molecule has 0 fully saturated rings. The van der Waals surface area contributed by atoms with E-state index >= 15 is 0 Å². The second kappa shape index (κ2) is 13.6. The molecule has 47 heavy (non-hydrogen) atoms. The molecule has 0 radical (unpaired) electrons. The van der Waals surface area contributed by atoms with E-state index < -0.39 is 0 Å². The lowest BCUT2D eigenvalue weighted by atomic mass is 9.89. The molecule has 1 heterocycles. The fraction of sp³-hybridized carbons (Fsp3) is 0.0909. The van der Waals surface area contributed by atoms with Gasteiger partial charge in [-0.25, -0.2) is 0 Å². The second-order valence-corrected chi connectivity index (χ2v) is 12.7. The van der Waals surface area contributed by atoms with Crippen LogP contribution in [0.25, 0.3) is 39.4 Å². The van der Waals surface area contributed by atoms with Gasteiger partial charge in [-0.1, -0.05) is 85.5 Å². The molecule has 0 amide bonds. The third-order valence-electron chi connectivity index (χ3n) is 8.96. The number of hydrogen-bond donors (Lipinski definition) is 0. The van der Waals surface area contributed by atoms with Gasteiger partial charge in [0.25, 0.3) is 0 Å². The quantitative estimate of drug-likeness (QED) is 0.117. The van der Waals surface area contributed by atoms with Gasteiger partial charge in [-0.2, -0.15) is 0 Å². The van der Waals surface area contributed by atoms with Crippen LogP contribution >= 0.6 is 11.8 Å². The fourth-order valence-corrected chi connectivity index (χ4v) is 7.06. The number of aryl methyl sites for hydroxylation is 2. The Balaban J connectivity index is 1.25. The molecule has 3 heteroatoms. The molecule has 1 aliphatic carbocycles. The number of hydrogen-bond acceptors (Lipinski definition) is 2. The van der Waals surface area contributed by atoms with Crippen LogP contribution in [-0.4, -0.2) is 10.8 Å². The normalized spacial score (nSPS) is 12.9. The van der Waals surface area contributed by atoms with Crippen LogP contribution in [-0.2, 0) is 6.42 Å². The van der Waals surface area contributed by atoms with E-state index in [1.807, 2.05) is 18.2 Å². The topological polar surface area (TPSA) is 8.17 Å². The summed E-state index contributed by atoms with van der Waals surface area (Å²) in [7, 11) is 0. The van der Waals surface area contributed by atoms with Crippen LogP contribution in [0.15, 0.2) is 163 Å². The fourth-order valence-electron chi connectivity index (χ4n) is 6.65. The summed E-state index contributed by atoms with van der Waals surface area (Å²) in [6.45, 7) is 5.98. The SMILES string of the molecule is C=C/C=C\C=C/N(c1ccccc1)c1ccc(-c2cccc(C3=Cc4c(c5ccccc5n4-c4ccc(SC)cc4)CC3)c2)cc1C. The largest absolute Gasteiger partial charge is 0.317 e. The van der Waals surface area contributed by atoms with E-state index in [9.17, 15) is 0 Å². The molecule has 0 N–H and O–H groups in total. The molecule has 0 bridgehead atoms. The Labute approximate surface area is 282 Å². The molecule has 230 valence electrons. The van der Waals surface area contributed by atoms with Crippen molar-refractivity contribution in [2.75, 3.05) is 11.2 Å². The maximum atomic E-state index is 3.78. The number of benzene rings is 5. The maximum Gasteiger partial charge on any atom is 0.0537 e. The molecular weight excluding hydrogens is 589 g/mol. The maximum absolute atomic E-state index is 3.78. The highest BCUT2D eigenvalue weighted by atomic mass is 32.2. The Morgan fingerprint density at radius 1 is 0.723 bits per heavy atom. The average Bonchev–Trinajstić information content (AvgIpc) is 3.46. The third kappa shape index (κ3) is 6.15. The van der Waals surface area contributed by atoms with Crippen LogP contribution in [0.1, 0.15) is 28.8 Å². The van der Waals surface area contributed by atoms with Gasteiger partial charge in [0.1, 0.15) is 0 Å². The first-order chi connectivity index (χ1) is 23.1. The van der Waals surface area contributed by atoms with E-state index in [1.54, 1.807) is 17.8 Å². The number of fused-ring (bicyclic) bond motifs is 3. The minimum atomic E-state index is 1.02. The molecule has 1 aliphatic rings. The van der Waals surface area contributed by atoms with Gasteiger partial charge < -0.3 is 9.47 Å². The van der Waals surface area contributed by atoms with Gasteiger partial charge in [-0.15, -0.1) is 11.8 Å². The van der Waals surface area contributed by atoms with Gasteiger partial charge in [0, 0.05) is 33.5 Å². The van der Waals surface area contributed by atoms with Gasteiger partial charge in [-0.3, -0.25) is 0 Å². The minimum Gasteiger partial charge on any atom is -0.317 e. The van der Waals surface area contributed by atoms with Crippen molar-refractivity contribution in [2.45, 2.75) is 24.7 Å². The minimum absolute atomic E-state index is 1.02. The molecule has 6 aromatic rings. The van der Waals surface area contributed by atoms with Crippen LogP contribution in [0, 0.1) is 6.92 Å². The lowest BCUT2D eigenvalue weighted by Gasteiger charge is -2.23. The molecule has 0 saturated carbocycles. The first kappa shape index (κ1) is 30.4. The van der Waals surface area contributed by atoms with Crippen molar-refractivity contribution in [2.24, 2.45) is 0 Å². The molecule has 5 aromatic carbocycles. The van der Waals surface area contributed by atoms with Crippen molar-refractivity contribution in [3.63, 3.8) is 0 Å². The van der Waals surface area contributed by atoms with Crippen LogP contribution in [0.5, 0.6) is 0 Å². The van der Waals surface area contributed by atoms with Crippen LogP contribution in [0.4, 0.5) is 11.4 Å². The van der Waals surface area contributed by atoms with Gasteiger partial charge >= 0.3 is 0 Å². The number of thioether (sulfide) groups is 1. The third-order valence-corrected chi connectivity index (χ3v) is 9.70. The summed E-state index contributed by atoms with van der Waals surface area (Å²) in [5.74, 6) is 0. The Kier molecular flexibility index (Phi) is 8.81. The highest BCUT2D eigenvalue weighted by Crippen LogP contribution is 2.40. The summed E-state index contributed by atoms with van der Waals surface area (Å²) in [4.78, 5) is 3.52. The smallest absolute Gasteiger partial charge is 0.0537 e. The summed E-state index contributed by atoms with van der Waals surface area (Å²) in [5, 5.41) is 1.35. The predicted molar refractivity (Wildman–Crippen MR) is 205 cm³/mol. The average molecular weight is 627 g/mol. The Hall–Kier alpha value is -5.25. The first-order valence-electron chi connectivity index (χ1n) is 16.1. The van der Waals surface area contributed by atoms with E-state index in [1.165, 1.54) is 60.6 Å². The Bertz CT molecular complexity index is 2150.